The lowest BCUT2D eigenvalue weighted by atomic mass is 10.2. The Balaban J connectivity index is 1.81. The molecule has 0 unspecified atom stereocenters. The highest BCUT2D eigenvalue weighted by atomic mass is 35.5. The quantitative estimate of drug-likeness (QED) is 0.352. The van der Waals surface area contributed by atoms with Crippen molar-refractivity contribution in [3.63, 3.8) is 0 Å². The molecule has 3 rings (SSSR count). The molecule has 32 heavy (non-hydrogen) atoms. The SMILES string of the molecule is C[C@H](CO)Nc1cc(NS(=O)(=O)N2CCN(C)CC2)nc(SCc2cccc(Cl)c2F)n1. The third kappa shape index (κ3) is 6.65. The van der Waals surface area contributed by atoms with Crippen molar-refractivity contribution in [2.75, 3.05) is 49.9 Å². The Morgan fingerprint density at radius 1 is 1.25 bits per heavy atom. The molecule has 0 radical (unpaired) electrons. The Bertz CT molecular complexity index is 1040. The van der Waals surface area contributed by atoms with Gasteiger partial charge in [0.2, 0.25) is 0 Å². The number of nitrogens with zero attached hydrogens (tertiary/aromatic N) is 4. The smallest absolute Gasteiger partial charge is 0.302 e. The van der Waals surface area contributed by atoms with Gasteiger partial charge in [0.1, 0.15) is 17.5 Å². The van der Waals surface area contributed by atoms with E-state index in [9.17, 15) is 17.9 Å². The van der Waals surface area contributed by atoms with Gasteiger partial charge < -0.3 is 15.3 Å². The molecule has 0 bridgehead atoms. The average molecular weight is 505 g/mol. The van der Waals surface area contributed by atoms with Gasteiger partial charge in [-0.1, -0.05) is 35.5 Å². The normalized spacial score (nSPS) is 16.7. The average Bonchev–Trinajstić information content (AvgIpc) is 2.74. The number of halogens is 2. The second-order valence-electron chi connectivity index (χ2n) is 7.46. The van der Waals surface area contributed by atoms with Crippen molar-refractivity contribution in [3.05, 3.63) is 40.7 Å². The molecule has 1 aliphatic heterocycles. The first-order chi connectivity index (χ1) is 15.2. The van der Waals surface area contributed by atoms with Crippen LogP contribution in [-0.2, 0) is 16.0 Å². The lowest BCUT2D eigenvalue weighted by Gasteiger charge is -2.31. The lowest BCUT2D eigenvalue weighted by molar-refractivity contribution is 0.223. The number of rotatable bonds is 9. The van der Waals surface area contributed by atoms with Gasteiger partial charge in [0.05, 0.1) is 11.6 Å². The van der Waals surface area contributed by atoms with Crippen LogP contribution in [0.3, 0.4) is 0 Å². The number of nitrogens with one attached hydrogen (secondary N) is 2. The van der Waals surface area contributed by atoms with Crippen LogP contribution >= 0.6 is 23.4 Å². The molecular formula is C19H26ClFN6O3S2. The number of aliphatic hydroxyl groups excluding tert-OH is 1. The summed E-state index contributed by atoms with van der Waals surface area (Å²) in [5.41, 5.74) is 0.382. The van der Waals surface area contributed by atoms with Crippen LogP contribution in [0.5, 0.6) is 0 Å². The Hall–Kier alpha value is -1.70. The van der Waals surface area contributed by atoms with E-state index in [0.717, 1.165) is 11.8 Å². The van der Waals surface area contributed by atoms with Crippen LogP contribution < -0.4 is 10.0 Å². The second-order valence-corrected chi connectivity index (χ2v) is 10.5. The first-order valence-electron chi connectivity index (χ1n) is 9.96. The molecule has 1 fully saturated rings. The molecule has 3 N–H and O–H groups in total. The van der Waals surface area contributed by atoms with Crippen LogP contribution in [0.1, 0.15) is 12.5 Å². The van der Waals surface area contributed by atoms with Crippen molar-refractivity contribution < 1.29 is 17.9 Å². The minimum absolute atomic E-state index is 0.0248. The Labute approximate surface area is 196 Å². The maximum atomic E-state index is 14.2. The number of anilines is 2. The van der Waals surface area contributed by atoms with Gasteiger partial charge in [-0.05, 0) is 25.6 Å². The Morgan fingerprint density at radius 2 is 1.94 bits per heavy atom. The third-order valence-electron chi connectivity index (χ3n) is 4.80. The topological polar surface area (TPSA) is 111 Å². The summed E-state index contributed by atoms with van der Waals surface area (Å²) < 4.78 is 43.7. The molecule has 2 heterocycles. The highest BCUT2D eigenvalue weighted by Crippen LogP contribution is 2.27. The van der Waals surface area contributed by atoms with E-state index in [1.165, 1.54) is 16.4 Å². The number of likely N-dealkylation sites (N-methyl/N-ethyl adjacent to an activating group) is 1. The van der Waals surface area contributed by atoms with E-state index in [4.69, 9.17) is 11.6 Å². The number of thioether (sulfide) groups is 1. The molecule has 0 spiro atoms. The van der Waals surface area contributed by atoms with E-state index < -0.39 is 16.0 Å². The summed E-state index contributed by atoms with van der Waals surface area (Å²) in [5.74, 6) is 0.115. The first-order valence-corrected chi connectivity index (χ1v) is 12.8. The minimum Gasteiger partial charge on any atom is -0.394 e. The van der Waals surface area contributed by atoms with Gasteiger partial charge in [-0.3, -0.25) is 4.72 Å². The number of aromatic nitrogens is 2. The van der Waals surface area contributed by atoms with Gasteiger partial charge in [0, 0.05) is 44.0 Å². The number of aliphatic hydroxyl groups is 1. The van der Waals surface area contributed by atoms with Crippen LogP contribution in [0.2, 0.25) is 5.02 Å². The molecule has 1 atom stereocenters. The third-order valence-corrected chi connectivity index (χ3v) is 7.50. The Morgan fingerprint density at radius 3 is 2.62 bits per heavy atom. The molecule has 9 nitrogen and oxygen atoms in total. The molecule has 0 saturated carbocycles. The molecule has 0 aliphatic carbocycles. The fourth-order valence-electron chi connectivity index (χ4n) is 2.94. The highest BCUT2D eigenvalue weighted by molar-refractivity contribution is 7.98. The molecule has 1 saturated heterocycles. The monoisotopic (exact) mass is 504 g/mol. The molecule has 0 amide bonds. The molecule has 13 heteroatoms. The van der Waals surface area contributed by atoms with Crippen molar-refractivity contribution in [1.29, 1.82) is 0 Å². The van der Waals surface area contributed by atoms with Gasteiger partial charge in [-0.2, -0.15) is 12.7 Å². The first kappa shape index (κ1) is 24.9. The van der Waals surface area contributed by atoms with Crippen molar-refractivity contribution in [2.24, 2.45) is 0 Å². The van der Waals surface area contributed by atoms with E-state index in [-0.39, 0.29) is 34.4 Å². The molecule has 1 aromatic carbocycles. The minimum atomic E-state index is -3.80. The summed E-state index contributed by atoms with van der Waals surface area (Å²) in [6.07, 6.45) is 0. The van der Waals surface area contributed by atoms with E-state index in [2.05, 4.69) is 24.9 Å². The predicted molar refractivity (Wildman–Crippen MR) is 125 cm³/mol. The van der Waals surface area contributed by atoms with Crippen molar-refractivity contribution in [1.82, 2.24) is 19.2 Å². The predicted octanol–water partition coefficient (Wildman–Crippen LogP) is 2.26. The van der Waals surface area contributed by atoms with Gasteiger partial charge in [0.25, 0.3) is 0 Å². The molecule has 1 aliphatic rings. The summed E-state index contributed by atoms with van der Waals surface area (Å²) in [6.45, 7) is 3.64. The van der Waals surface area contributed by atoms with Gasteiger partial charge in [-0.15, -0.1) is 0 Å². The van der Waals surface area contributed by atoms with Crippen LogP contribution in [0.4, 0.5) is 16.0 Å². The number of hydrogen-bond donors (Lipinski definition) is 3. The Kier molecular flexibility index (Phi) is 8.53. The van der Waals surface area contributed by atoms with Crippen LogP contribution in [-0.4, -0.2) is 78.6 Å². The van der Waals surface area contributed by atoms with Crippen LogP contribution in [0.25, 0.3) is 0 Å². The van der Waals surface area contributed by atoms with Gasteiger partial charge >= 0.3 is 10.2 Å². The van der Waals surface area contributed by atoms with Crippen molar-refractivity contribution in [2.45, 2.75) is 23.9 Å². The summed E-state index contributed by atoms with van der Waals surface area (Å²) in [5, 5.41) is 12.6. The summed E-state index contributed by atoms with van der Waals surface area (Å²) >= 11 is 6.98. The summed E-state index contributed by atoms with van der Waals surface area (Å²) in [4.78, 5) is 10.7. The number of hydrogen-bond acceptors (Lipinski definition) is 8. The van der Waals surface area contributed by atoms with Crippen molar-refractivity contribution in [3.8, 4) is 0 Å². The van der Waals surface area contributed by atoms with Gasteiger partial charge in [-0.25, -0.2) is 14.4 Å². The molecule has 176 valence electrons. The molecular weight excluding hydrogens is 479 g/mol. The van der Waals surface area contributed by atoms with Crippen LogP contribution in [0.15, 0.2) is 29.4 Å². The number of piperazine rings is 1. The second kappa shape index (κ2) is 10.9. The van der Waals surface area contributed by atoms with E-state index in [1.807, 2.05) is 7.05 Å². The van der Waals surface area contributed by atoms with Crippen LogP contribution in [0, 0.1) is 5.82 Å². The standard InChI is InChI=1S/C19H26ClFN6O3S2/c1-13(11-28)22-16-10-17(25-32(29,30)27-8-6-26(2)7-9-27)24-19(23-16)31-12-14-4-3-5-15(20)18(14)21/h3-5,10,13,28H,6-9,11-12H2,1-2H3,(H2,22,23,24,25)/t13-/m1/s1. The fourth-order valence-corrected chi connectivity index (χ4v) is 5.11. The van der Waals surface area contributed by atoms with Crippen molar-refractivity contribution >= 4 is 45.2 Å². The zero-order valence-corrected chi connectivity index (χ0v) is 20.1. The zero-order valence-electron chi connectivity index (χ0n) is 17.8. The fraction of sp³-hybridized carbons (Fsp3) is 0.474. The van der Waals surface area contributed by atoms with E-state index >= 15 is 0 Å². The molecule has 1 aromatic heterocycles. The summed E-state index contributed by atoms with van der Waals surface area (Å²) in [6, 6.07) is 5.88. The molecule has 2 aromatic rings. The maximum Gasteiger partial charge on any atom is 0.302 e. The highest BCUT2D eigenvalue weighted by Gasteiger charge is 2.26. The van der Waals surface area contributed by atoms with Gasteiger partial charge in [0.15, 0.2) is 5.16 Å². The number of benzene rings is 1. The maximum absolute atomic E-state index is 14.2. The zero-order chi connectivity index (χ0) is 23.3. The lowest BCUT2D eigenvalue weighted by Crippen LogP contribution is -2.48. The summed E-state index contributed by atoms with van der Waals surface area (Å²) in [7, 11) is -1.87. The van der Waals surface area contributed by atoms with E-state index in [1.54, 1.807) is 19.1 Å². The largest absolute Gasteiger partial charge is 0.394 e. The van der Waals surface area contributed by atoms with E-state index in [0.29, 0.717) is 37.6 Å².